The van der Waals surface area contributed by atoms with Crippen LogP contribution in [0.3, 0.4) is 0 Å². The summed E-state index contributed by atoms with van der Waals surface area (Å²) < 4.78 is 4.67. The quantitative estimate of drug-likeness (QED) is 0.849. The van der Waals surface area contributed by atoms with Crippen LogP contribution in [-0.4, -0.2) is 21.0 Å². The van der Waals surface area contributed by atoms with Gasteiger partial charge in [0.05, 0.1) is 17.1 Å². The second kappa shape index (κ2) is 4.40. The average molecular weight is 238 g/mol. The molecule has 6 nitrogen and oxygen atoms in total. The number of aryl methyl sites for hydroxylation is 1. The van der Waals surface area contributed by atoms with Crippen LogP contribution < -0.4 is 5.73 Å². The normalized spacial score (nSPS) is 10.6. The lowest BCUT2D eigenvalue weighted by molar-refractivity contribution is 0.0958. The minimum Gasteiger partial charge on any atom is -0.361 e. The first-order valence-corrected chi connectivity index (χ1v) is 5.62. The highest BCUT2D eigenvalue weighted by Crippen LogP contribution is 2.12. The minimum atomic E-state index is -0.716. The van der Waals surface area contributed by atoms with Gasteiger partial charge in [0.25, 0.3) is 0 Å². The molecule has 84 valence electrons. The Morgan fingerprint density at radius 3 is 2.94 bits per heavy atom. The molecule has 0 saturated carbocycles. The molecule has 0 fully saturated rings. The molecular formula is C9H10N4O2S. The molecule has 2 aromatic heterocycles. The van der Waals surface area contributed by atoms with Gasteiger partial charge in [0.15, 0.2) is 5.82 Å². The molecule has 2 heterocycles. The van der Waals surface area contributed by atoms with Crippen molar-refractivity contribution in [3.63, 3.8) is 0 Å². The van der Waals surface area contributed by atoms with Gasteiger partial charge < -0.3 is 10.3 Å². The number of aromatic nitrogens is 3. The second-order valence-corrected chi connectivity index (χ2v) is 4.09. The molecule has 2 N–H and O–H groups in total. The summed E-state index contributed by atoms with van der Waals surface area (Å²) in [6.45, 7) is 2.04. The summed E-state index contributed by atoms with van der Waals surface area (Å²) >= 11 is 1.59. The maximum atomic E-state index is 10.7. The number of hydrogen-bond donors (Lipinski definition) is 1. The van der Waals surface area contributed by atoms with Gasteiger partial charge in [-0.15, -0.1) is 11.3 Å². The van der Waals surface area contributed by atoms with Crippen LogP contribution in [-0.2, 0) is 12.8 Å². The SMILES string of the molecule is CCc1nc(Cc2noc(C(N)=O)n2)cs1. The van der Waals surface area contributed by atoms with E-state index < -0.39 is 5.91 Å². The molecule has 16 heavy (non-hydrogen) atoms. The van der Waals surface area contributed by atoms with Crippen LogP contribution in [0.25, 0.3) is 0 Å². The Hall–Kier alpha value is -1.76. The van der Waals surface area contributed by atoms with Crippen LogP contribution in [0.15, 0.2) is 9.90 Å². The van der Waals surface area contributed by atoms with Crippen molar-refractivity contribution in [2.24, 2.45) is 5.73 Å². The first-order valence-electron chi connectivity index (χ1n) is 4.74. The molecule has 1 amide bonds. The van der Waals surface area contributed by atoms with E-state index in [4.69, 9.17) is 5.73 Å². The Bertz CT molecular complexity index is 505. The molecule has 0 unspecified atom stereocenters. The van der Waals surface area contributed by atoms with Gasteiger partial charge in [-0.05, 0) is 6.42 Å². The number of rotatable bonds is 4. The fourth-order valence-electron chi connectivity index (χ4n) is 1.18. The Kier molecular flexibility index (Phi) is 2.95. The van der Waals surface area contributed by atoms with Gasteiger partial charge in [0.1, 0.15) is 0 Å². The van der Waals surface area contributed by atoms with Gasteiger partial charge in [0.2, 0.25) is 0 Å². The number of primary amides is 1. The highest BCUT2D eigenvalue weighted by atomic mass is 32.1. The van der Waals surface area contributed by atoms with E-state index in [1.54, 1.807) is 11.3 Å². The summed E-state index contributed by atoms with van der Waals surface area (Å²) in [5, 5.41) is 6.65. The van der Waals surface area contributed by atoms with Crippen molar-refractivity contribution in [2.45, 2.75) is 19.8 Å². The van der Waals surface area contributed by atoms with E-state index in [0.29, 0.717) is 12.2 Å². The third-order valence-electron chi connectivity index (χ3n) is 1.92. The Morgan fingerprint density at radius 1 is 1.56 bits per heavy atom. The summed E-state index contributed by atoms with van der Waals surface area (Å²) in [5.41, 5.74) is 5.87. The molecule has 2 rings (SSSR count). The van der Waals surface area contributed by atoms with Crippen molar-refractivity contribution in [3.05, 3.63) is 27.8 Å². The molecule has 0 aliphatic heterocycles. The van der Waals surface area contributed by atoms with E-state index in [0.717, 1.165) is 17.1 Å². The van der Waals surface area contributed by atoms with E-state index in [9.17, 15) is 4.79 Å². The maximum Gasteiger partial charge on any atom is 0.315 e. The van der Waals surface area contributed by atoms with Crippen molar-refractivity contribution < 1.29 is 9.32 Å². The molecule has 0 aliphatic carbocycles. The van der Waals surface area contributed by atoms with E-state index in [1.165, 1.54) is 0 Å². The number of thiazole rings is 1. The first kappa shape index (κ1) is 10.7. The van der Waals surface area contributed by atoms with Crippen LogP contribution in [0.4, 0.5) is 0 Å². The fourth-order valence-corrected chi connectivity index (χ4v) is 1.93. The van der Waals surface area contributed by atoms with E-state index >= 15 is 0 Å². The zero-order valence-corrected chi connectivity index (χ0v) is 9.45. The van der Waals surface area contributed by atoms with Crippen molar-refractivity contribution in [3.8, 4) is 0 Å². The third-order valence-corrected chi connectivity index (χ3v) is 2.96. The molecule has 0 radical (unpaired) electrons. The molecule has 7 heteroatoms. The van der Waals surface area contributed by atoms with E-state index in [1.807, 2.05) is 12.3 Å². The Labute approximate surface area is 95.5 Å². The van der Waals surface area contributed by atoms with Crippen molar-refractivity contribution in [2.75, 3.05) is 0 Å². The minimum absolute atomic E-state index is 0.166. The van der Waals surface area contributed by atoms with Crippen LogP contribution in [0.1, 0.15) is 34.1 Å². The third kappa shape index (κ3) is 2.25. The zero-order valence-electron chi connectivity index (χ0n) is 8.64. The molecule has 0 bridgehead atoms. The average Bonchev–Trinajstić information content (AvgIpc) is 2.87. The molecule has 0 saturated heterocycles. The Balaban J connectivity index is 2.11. The fraction of sp³-hybridized carbons (Fsp3) is 0.333. The summed E-state index contributed by atoms with van der Waals surface area (Å²) in [5.74, 6) is -0.464. The van der Waals surface area contributed by atoms with Gasteiger partial charge in [-0.1, -0.05) is 12.1 Å². The van der Waals surface area contributed by atoms with Crippen LogP contribution in [0.5, 0.6) is 0 Å². The van der Waals surface area contributed by atoms with E-state index in [2.05, 4.69) is 19.6 Å². The predicted octanol–water partition coefficient (Wildman–Crippen LogP) is 0.778. The lowest BCUT2D eigenvalue weighted by atomic mass is 10.3. The topological polar surface area (TPSA) is 94.9 Å². The molecule has 0 aliphatic rings. The summed E-state index contributed by atoms with van der Waals surface area (Å²) in [6, 6.07) is 0. The zero-order chi connectivity index (χ0) is 11.5. The monoisotopic (exact) mass is 238 g/mol. The standard InChI is InChI=1S/C9H10N4O2S/c1-2-7-11-5(4-16-7)3-6-12-9(8(10)14)15-13-6/h4H,2-3H2,1H3,(H2,10,14). The van der Waals surface area contributed by atoms with Gasteiger partial charge >= 0.3 is 11.8 Å². The number of amides is 1. The highest BCUT2D eigenvalue weighted by Gasteiger charge is 2.12. The predicted molar refractivity (Wildman–Crippen MR) is 57.1 cm³/mol. The summed E-state index contributed by atoms with van der Waals surface area (Å²) in [6.07, 6.45) is 1.36. The van der Waals surface area contributed by atoms with Crippen LogP contribution >= 0.6 is 11.3 Å². The molecule has 0 atom stereocenters. The second-order valence-electron chi connectivity index (χ2n) is 3.14. The highest BCUT2D eigenvalue weighted by molar-refractivity contribution is 7.09. The van der Waals surface area contributed by atoms with Gasteiger partial charge in [-0.2, -0.15) is 4.98 Å². The van der Waals surface area contributed by atoms with Gasteiger partial charge in [-0.3, -0.25) is 4.79 Å². The Morgan fingerprint density at radius 2 is 2.38 bits per heavy atom. The number of carbonyl (C=O) groups is 1. The number of nitrogens with zero attached hydrogens (tertiary/aromatic N) is 3. The summed E-state index contributed by atoms with van der Waals surface area (Å²) in [7, 11) is 0. The van der Waals surface area contributed by atoms with Gasteiger partial charge in [0, 0.05) is 5.38 Å². The van der Waals surface area contributed by atoms with Crippen molar-refractivity contribution in [1.29, 1.82) is 0 Å². The van der Waals surface area contributed by atoms with Crippen molar-refractivity contribution >= 4 is 17.2 Å². The smallest absolute Gasteiger partial charge is 0.315 e. The van der Waals surface area contributed by atoms with Gasteiger partial charge in [-0.25, -0.2) is 4.98 Å². The largest absolute Gasteiger partial charge is 0.361 e. The first-order chi connectivity index (χ1) is 7.69. The lowest BCUT2D eigenvalue weighted by Gasteiger charge is -1.87. The summed E-state index contributed by atoms with van der Waals surface area (Å²) in [4.78, 5) is 18.9. The lowest BCUT2D eigenvalue weighted by Crippen LogP contribution is -2.11. The molecule has 0 aromatic carbocycles. The number of carbonyl (C=O) groups excluding carboxylic acids is 1. The van der Waals surface area contributed by atoms with Crippen LogP contribution in [0, 0.1) is 0 Å². The van der Waals surface area contributed by atoms with E-state index in [-0.39, 0.29) is 5.89 Å². The number of nitrogens with two attached hydrogens (primary N) is 1. The van der Waals surface area contributed by atoms with Crippen LogP contribution in [0.2, 0.25) is 0 Å². The molecular weight excluding hydrogens is 228 g/mol. The number of hydrogen-bond acceptors (Lipinski definition) is 6. The maximum absolute atomic E-state index is 10.7. The van der Waals surface area contributed by atoms with Crippen molar-refractivity contribution in [1.82, 2.24) is 15.1 Å². The molecule has 0 spiro atoms. The molecule has 2 aromatic rings.